The van der Waals surface area contributed by atoms with E-state index in [0.717, 1.165) is 16.1 Å². The van der Waals surface area contributed by atoms with Gasteiger partial charge in [0, 0.05) is 0 Å². The van der Waals surface area contributed by atoms with Gasteiger partial charge >= 0.3 is 0 Å². The Morgan fingerprint density at radius 2 is 1.70 bits per heavy atom. The first-order valence-electron chi connectivity index (χ1n) is 8.30. The van der Waals surface area contributed by atoms with E-state index in [1.54, 1.807) is 49.6 Å². The van der Waals surface area contributed by atoms with E-state index >= 15 is 0 Å². The standard InChI is InChI=1S/C19H24N2O5S/c1-14(15-10-11-17(25-2)18(12-15)26-3)20-19(22)13-21(27(4,23)24)16-8-6-5-7-9-16/h5-12,14H,13H2,1-4H3,(H,20,22). The van der Waals surface area contributed by atoms with E-state index in [2.05, 4.69) is 5.32 Å². The number of methoxy groups -OCH3 is 2. The molecule has 0 aliphatic carbocycles. The molecule has 0 saturated heterocycles. The predicted molar refractivity (Wildman–Crippen MR) is 105 cm³/mol. The third kappa shape index (κ3) is 5.37. The van der Waals surface area contributed by atoms with Gasteiger partial charge < -0.3 is 14.8 Å². The summed E-state index contributed by atoms with van der Waals surface area (Å²) in [4.78, 5) is 12.5. The zero-order valence-electron chi connectivity index (χ0n) is 15.8. The molecule has 0 bridgehead atoms. The van der Waals surface area contributed by atoms with Gasteiger partial charge in [-0.15, -0.1) is 0 Å². The average Bonchev–Trinajstić information content (AvgIpc) is 2.65. The Bertz CT molecular complexity index is 884. The fraction of sp³-hybridized carbons (Fsp3) is 0.316. The number of para-hydroxylation sites is 1. The second kappa shape index (κ2) is 8.77. The maximum Gasteiger partial charge on any atom is 0.241 e. The van der Waals surface area contributed by atoms with Crippen molar-refractivity contribution < 1.29 is 22.7 Å². The van der Waals surface area contributed by atoms with Crippen molar-refractivity contribution in [3.8, 4) is 11.5 Å². The third-order valence-corrected chi connectivity index (χ3v) is 5.16. The van der Waals surface area contributed by atoms with Crippen LogP contribution in [-0.4, -0.2) is 41.3 Å². The molecule has 0 fully saturated rings. The number of carbonyl (C=O) groups is 1. The highest BCUT2D eigenvalue weighted by molar-refractivity contribution is 7.92. The lowest BCUT2D eigenvalue weighted by molar-refractivity contribution is -0.120. The molecule has 0 aliphatic rings. The molecule has 1 amide bonds. The zero-order valence-corrected chi connectivity index (χ0v) is 16.6. The molecule has 1 N–H and O–H groups in total. The quantitative estimate of drug-likeness (QED) is 0.745. The number of sulfonamides is 1. The molecule has 0 aliphatic heterocycles. The van der Waals surface area contributed by atoms with Crippen LogP contribution in [0.3, 0.4) is 0 Å². The second-order valence-electron chi connectivity index (χ2n) is 6.01. The minimum atomic E-state index is -3.60. The van der Waals surface area contributed by atoms with Gasteiger partial charge in [0.1, 0.15) is 6.54 Å². The Hall–Kier alpha value is -2.74. The van der Waals surface area contributed by atoms with Crippen molar-refractivity contribution >= 4 is 21.6 Å². The van der Waals surface area contributed by atoms with Crippen molar-refractivity contribution in [1.82, 2.24) is 5.32 Å². The molecule has 1 unspecified atom stereocenters. The Morgan fingerprint density at radius 3 is 2.26 bits per heavy atom. The molecular weight excluding hydrogens is 368 g/mol. The molecule has 2 aromatic carbocycles. The van der Waals surface area contributed by atoms with Crippen LogP contribution < -0.4 is 19.1 Å². The van der Waals surface area contributed by atoms with Crippen LogP contribution >= 0.6 is 0 Å². The van der Waals surface area contributed by atoms with Crippen LogP contribution in [0.1, 0.15) is 18.5 Å². The second-order valence-corrected chi connectivity index (χ2v) is 7.92. The number of hydrogen-bond donors (Lipinski definition) is 1. The summed E-state index contributed by atoms with van der Waals surface area (Å²) in [7, 11) is -0.513. The van der Waals surface area contributed by atoms with E-state index in [1.165, 1.54) is 7.11 Å². The Balaban J connectivity index is 2.13. The highest BCUT2D eigenvalue weighted by atomic mass is 32.2. The molecule has 0 spiro atoms. The zero-order chi connectivity index (χ0) is 20.0. The highest BCUT2D eigenvalue weighted by Gasteiger charge is 2.22. The molecule has 0 aromatic heterocycles. The van der Waals surface area contributed by atoms with Crippen LogP contribution in [0.5, 0.6) is 11.5 Å². The van der Waals surface area contributed by atoms with E-state index in [-0.39, 0.29) is 12.6 Å². The van der Waals surface area contributed by atoms with Gasteiger partial charge in [-0.1, -0.05) is 24.3 Å². The highest BCUT2D eigenvalue weighted by Crippen LogP contribution is 2.29. The topological polar surface area (TPSA) is 84.9 Å². The van der Waals surface area contributed by atoms with Gasteiger partial charge in [-0.3, -0.25) is 9.10 Å². The molecule has 1 atom stereocenters. The summed E-state index contributed by atoms with van der Waals surface area (Å²) in [5, 5.41) is 2.82. The van der Waals surface area contributed by atoms with Crippen molar-refractivity contribution in [3.05, 3.63) is 54.1 Å². The number of ether oxygens (including phenoxy) is 2. The molecule has 146 valence electrons. The Morgan fingerprint density at radius 1 is 1.07 bits per heavy atom. The predicted octanol–water partition coefficient (Wildman–Crippen LogP) is 2.35. The van der Waals surface area contributed by atoms with Gasteiger partial charge in [0.25, 0.3) is 0 Å². The number of nitrogens with one attached hydrogen (secondary N) is 1. The lowest BCUT2D eigenvalue weighted by atomic mass is 10.1. The monoisotopic (exact) mass is 392 g/mol. The molecule has 27 heavy (non-hydrogen) atoms. The minimum Gasteiger partial charge on any atom is -0.493 e. The van der Waals surface area contributed by atoms with Gasteiger partial charge in [-0.25, -0.2) is 8.42 Å². The van der Waals surface area contributed by atoms with Crippen LogP contribution in [0.2, 0.25) is 0 Å². The summed E-state index contributed by atoms with van der Waals surface area (Å²) in [5.74, 6) is 0.733. The summed E-state index contributed by atoms with van der Waals surface area (Å²) in [6.07, 6.45) is 1.07. The molecule has 2 aromatic rings. The number of benzene rings is 2. The van der Waals surface area contributed by atoms with E-state index in [4.69, 9.17) is 9.47 Å². The summed E-state index contributed by atoms with van der Waals surface area (Å²) in [5.41, 5.74) is 1.25. The number of hydrogen-bond acceptors (Lipinski definition) is 5. The van der Waals surface area contributed by atoms with E-state index in [9.17, 15) is 13.2 Å². The number of carbonyl (C=O) groups excluding carboxylic acids is 1. The molecule has 7 nitrogen and oxygen atoms in total. The summed E-state index contributed by atoms with van der Waals surface area (Å²) >= 11 is 0. The van der Waals surface area contributed by atoms with Crippen molar-refractivity contribution in [1.29, 1.82) is 0 Å². The number of rotatable bonds is 8. The van der Waals surface area contributed by atoms with Crippen molar-refractivity contribution in [2.24, 2.45) is 0 Å². The van der Waals surface area contributed by atoms with Crippen molar-refractivity contribution in [2.45, 2.75) is 13.0 Å². The van der Waals surface area contributed by atoms with Crippen LogP contribution in [0.15, 0.2) is 48.5 Å². The van der Waals surface area contributed by atoms with Gasteiger partial charge in [-0.2, -0.15) is 0 Å². The third-order valence-electron chi connectivity index (χ3n) is 4.02. The molecule has 0 heterocycles. The largest absolute Gasteiger partial charge is 0.493 e. The van der Waals surface area contributed by atoms with E-state index in [1.807, 2.05) is 13.0 Å². The summed E-state index contributed by atoms with van der Waals surface area (Å²) in [6.45, 7) is 1.51. The average molecular weight is 392 g/mol. The van der Waals surface area contributed by atoms with Crippen LogP contribution in [0.25, 0.3) is 0 Å². The number of anilines is 1. The number of amides is 1. The van der Waals surface area contributed by atoms with Gasteiger partial charge in [0.05, 0.1) is 32.2 Å². The molecule has 2 rings (SSSR count). The molecule has 8 heteroatoms. The van der Waals surface area contributed by atoms with Crippen LogP contribution in [-0.2, 0) is 14.8 Å². The first kappa shape index (κ1) is 20.6. The maximum atomic E-state index is 12.5. The number of nitrogens with zero attached hydrogens (tertiary/aromatic N) is 1. The van der Waals surface area contributed by atoms with Gasteiger partial charge in [-0.05, 0) is 36.8 Å². The van der Waals surface area contributed by atoms with Crippen molar-refractivity contribution in [2.75, 3.05) is 31.3 Å². The fourth-order valence-electron chi connectivity index (χ4n) is 2.62. The van der Waals surface area contributed by atoms with Gasteiger partial charge in [0.2, 0.25) is 15.9 Å². The van der Waals surface area contributed by atoms with Crippen molar-refractivity contribution in [3.63, 3.8) is 0 Å². The van der Waals surface area contributed by atoms with E-state index < -0.39 is 15.9 Å². The van der Waals surface area contributed by atoms with Crippen LogP contribution in [0.4, 0.5) is 5.69 Å². The summed E-state index contributed by atoms with van der Waals surface area (Å²) in [6, 6.07) is 13.5. The van der Waals surface area contributed by atoms with Gasteiger partial charge in [0.15, 0.2) is 11.5 Å². The fourth-order valence-corrected chi connectivity index (χ4v) is 3.47. The maximum absolute atomic E-state index is 12.5. The molecule has 0 saturated carbocycles. The Kier molecular flexibility index (Phi) is 6.68. The lowest BCUT2D eigenvalue weighted by Crippen LogP contribution is -2.41. The van der Waals surface area contributed by atoms with E-state index in [0.29, 0.717) is 17.2 Å². The first-order chi connectivity index (χ1) is 12.8. The minimum absolute atomic E-state index is 0.305. The normalized spacial score (nSPS) is 12.1. The molecular formula is C19H24N2O5S. The molecule has 0 radical (unpaired) electrons. The SMILES string of the molecule is COc1ccc(C(C)NC(=O)CN(c2ccccc2)S(C)(=O)=O)cc1OC. The first-order valence-corrected chi connectivity index (χ1v) is 10.1. The van der Waals surface area contributed by atoms with Crippen LogP contribution in [0, 0.1) is 0 Å². The smallest absolute Gasteiger partial charge is 0.241 e. The Labute approximate surface area is 160 Å². The lowest BCUT2D eigenvalue weighted by Gasteiger charge is -2.23. The summed E-state index contributed by atoms with van der Waals surface area (Å²) < 4.78 is 35.7.